The Morgan fingerprint density at radius 3 is 2.28 bits per heavy atom. The Kier molecular flexibility index (Phi) is 5.75. The van der Waals surface area contributed by atoms with Crippen LogP contribution in [0.2, 0.25) is 0 Å². The molecule has 4 rings (SSSR count). The number of fused-ring (bicyclic) bond motifs is 1. The molecular formula is C21H22O11. The van der Waals surface area contributed by atoms with Gasteiger partial charge in [0.1, 0.15) is 47.4 Å². The largest absolute Gasteiger partial charge is 0.508 e. The fourth-order valence-corrected chi connectivity index (χ4v) is 3.57. The summed E-state index contributed by atoms with van der Waals surface area (Å²) in [7, 11) is 0. The number of aromatic hydroxyl groups is 4. The number of benzene rings is 2. The summed E-state index contributed by atoms with van der Waals surface area (Å²) in [6, 6.07) is 6.19. The van der Waals surface area contributed by atoms with Crippen molar-refractivity contribution in [3.63, 3.8) is 0 Å². The van der Waals surface area contributed by atoms with Gasteiger partial charge in [-0.2, -0.15) is 0 Å². The van der Waals surface area contributed by atoms with E-state index in [1.54, 1.807) is 0 Å². The van der Waals surface area contributed by atoms with Crippen molar-refractivity contribution in [1.29, 1.82) is 0 Å². The van der Waals surface area contributed by atoms with Crippen LogP contribution in [0, 0.1) is 0 Å². The Hall–Kier alpha value is -3.22. The van der Waals surface area contributed by atoms with E-state index in [4.69, 9.17) is 14.2 Å². The van der Waals surface area contributed by atoms with Gasteiger partial charge in [-0.3, -0.25) is 0 Å². The molecule has 1 saturated heterocycles. The van der Waals surface area contributed by atoms with Gasteiger partial charge in [-0.15, -0.1) is 0 Å². The number of phenols is 4. The molecular weight excluding hydrogens is 428 g/mol. The number of hydrogen-bond acceptors (Lipinski definition) is 11. The summed E-state index contributed by atoms with van der Waals surface area (Å²) in [5.41, 5.74) is 0.436. The Labute approximate surface area is 181 Å². The number of ether oxygens (including phenoxy) is 3. The third kappa shape index (κ3) is 3.87. The Morgan fingerprint density at radius 2 is 1.59 bits per heavy atom. The SMILES string of the molecule is OC[C@H]1O[C@H](OC2=Cc3c(O)cc(O)cc3OC2c2ccc(O)c(O)c2)[C@H](O)[C@H](O)[C@H]1O. The van der Waals surface area contributed by atoms with Crippen molar-refractivity contribution in [2.45, 2.75) is 36.8 Å². The van der Waals surface area contributed by atoms with Gasteiger partial charge in [0, 0.05) is 17.7 Å². The van der Waals surface area contributed by atoms with Gasteiger partial charge in [0.15, 0.2) is 17.6 Å². The summed E-state index contributed by atoms with van der Waals surface area (Å²) in [5, 5.41) is 79.2. The van der Waals surface area contributed by atoms with E-state index in [0.717, 1.165) is 6.07 Å². The molecule has 0 bridgehead atoms. The number of hydrogen-bond donors (Lipinski definition) is 8. The molecule has 0 amide bonds. The molecule has 0 aromatic heterocycles. The van der Waals surface area contributed by atoms with E-state index in [0.29, 0.717) is 5.56 Å². The first-order chi connectivity index (χ1) is 15.2. The molecule has 32 heavy (non-hydrogen) atoms. The van der Waals surface area contributed by atoms with Gasteiger partial charge in [-0.05, 0) is 18.2 Å². The molecule has 1 unspecified atom stereocenters. The van der Waals surface area contributed by atoms with E-state index in [1.807, 2.05) is 0 Å². The molecule has 11 heteroatoms. The number of aliphatic hydroxyl groups is 4. The molecule has 2 aromatic carbocycles. The van der Waals surface area contributed by atoms with Crippen molar-refractivity contribution >= 4 is 6.08 Å². The summed E-state index contributed by atoms with van der Waals surface area (Å²) in [6.45, 7) is -0.654. The molecule has 2 aliphatic rings. The summed E-state index contributed by atoms with van der Waals surface area (Å²) < 4.78 is 17.0. The van der Waals surface area contributed by atoms with E-state index in [-0.39, 0.29) is 34.3 Å². The molecule has 172 valence electrons. The summed E-state index contributed by atoms with van der Waals surface area (Å²) in [6.07, 6.45) is -7.44. The minimum absolute atomic E-state index is 0.0343. The Balaban J connectivity index is 1.74. The van der Waals surface area contributed by atoms with E-state index in [2.05, 4.69) is 0 Å². The van der Waals surface area contributed by atoms with E-state index >= 15 is 0 Å². The normalized spacial score (nSPS) is 29.6. The van der Waals surface area contributed by atoms with Gasteiger partial charge in [0.05, 0.1) is 12.2 Å². The predicted octanol–water partition coefficient (Wildman–Crippen LogP) is -0.200. The van der Waals surface area contributed by atoms with Crippen LogP contribution in [0.25, 0.3) is 6.08 Å². The zero-order valence-electron chi connectivity index (χ0n) is 16.4. The highest BCUT2D eigenvalue weighted by atomic mass is 16.7. The highest BCUT2D eigenvalue weighted by Crippen LogP contribution is 2.45. The first kappa shape index (κ1) is 22.0. The minimum atomic E-state index is -1.70. The monoisotopic (exact) mass is 450 g/mol. The van der Waals surface area contributed by atoms with E-state index in [1.165, 1.54) is 30.3 Å². The average molecular weight is 450 g/mol. The maximum absolute atomic E-state index is 10.3. The molecule has 0 saturated carbocycles. The predicted molar refractivity (Wildman–Crippen MR) is 106 cm³/mol. The number of rotatable bonds is 4. The molecule has 0 aliphatic carbocycles. The molecule has 2 heterocycles. The first-order valence-corrected chi connectivity index (χ1v) is 9.63. The lowest BCUT2D eigenvalue weighted by Crippen LogP contribution is -2.59. The quantitative estimate of drug-likeness (QED) is 0.288. The van der Waals surface area contributed by atoms with Crippen LogP contribution >= 0.6 is 0 Å². The average Bonchev–Trinajstić information content (AvgIpc) is 2.76. The molecule has 11 nitrogen and oxygen atoms in total. The highest BCUT2D eigenvalue weighted by Gasteiger charge is 2.46. The van der Waals surface area contributed by atoms with Crippen LogP contribution in [0.4, 0.5) is 0 Å². The third-order valence-corrected chi connectivity index (χ3v) is 5.30. The molecule has 6 atom stereocenters. The lowest BCUT2D eigenvalue weighted by atomic mass is 9.98. The second-order valence-electron chi connectivity index (χ2n) is 7.48. The molecule has 8 N–H and O–H groups in total. The van der Waals surface area contributed by atoms with Crippen LogP contribution < -0.4 is 4.74 Å². The van der Waals surface area contributed by atoms with Crippen LogP contribution in [0.15, 0.2) is 36.1 Å². The fraction of sp³-hybridized carbons (Fsp3) is 0.333. The first-order valence-electron chi connectivity index (χ1n) is 9.63. The summed E-state index contributed by atoms with van der Waals surface area (Å²) >= 11 is 0. The second-order valence-corrected chi connectivity index (χ2v) is 7.48. The Morgan fingerprint density at radius 1 is 0.844 bits per heavy atom. The van der Waals surface area contributed by atoms with Gasteiger partial charge >= 0.3 is 0 Å². The molecule has 2 aromatic rings. The van der Waals surface area contributed by atoms with E-state index < -0.39 is 49.2 Å². The van der Waals surface area contributed by atoms with Crippen LogP contribution in [0.1, 0.15) is 17.2 Å². The number of phenolic OH excluding ortho intramolecular Hbond substituents is 4. The number of aliphatic hydroxyl groups excluding tert-OH is 4. The Bertz CT molecular complexity index is 1030. The van der Waals surface area contributed by atoms with Crippen LogP contribution in [0.3, 0.4) is 0 Å². The third-order valence-electron chi connectivity index (χ3n) is 5.30. The van der Waals surface area contributed by atoms with Crippen LogP contribution in [-0.2, 0) is 9.47 Å². The topological polar surface area (TPSA) is 190 Å². The van der Waals surface area contributed by atoms with Crippen molar-refractivity contribution < 1.29 is 55.1 Å². The van der Waals surface area contributed by atoms with Crippen LogP contribution in [-0.4, -0.2) is 78.2 Å². The zero-order valence-corrected chi connectivity index (χ0v) is 16.4. The van der Waals surface area contributed by atoms with E-state index in [9.17, 15) is 40.9 Å². The standard InChI is InChI=1S/C21H22O11/c22-7-16-17(27)18(28)19(29)21(32-16)31-15-6-10-12(25)4-9(23)5-14(10)30-20(15)8-1-2-11(24)13(26)3-8/h1-6,16-29H,7H2/t16-,17+,18-,19-,20?,21+/m1/s1. The summed E-state index contributed by atoms with van der Waals surface area (Å²) in [5.74, 6) is -1.36. The summed E-state index contributed by atoms with van der Waals surface area (Å²) in [4.78, 5) is 0. The molecule has 1 fully saturated rings. The van der Waals surface area contributed by atoms with Gasteiger partial charge in [-0.1, -0.05) is 6.07 Å². The zero-order chi connectivity index (χ0) is 23.2. The highest BCUT2D eigenvalue weighted by molar-refractivity contribution is 5.69. The van der Waals surface area contributed by atoms with Crippen molar-refractivity contribution in [1.82, 2.24) is 0 Å². The smallest absolute Gasteiger partial charge is 0.228 e. The van der Waals surface area contributed by atoms with Crippen molar-refractivity contribution in [3.05, 3.63) is 47.2 Å². The van der Waals surface area contributed by atoms with Gasteiger partial charge in [0.25, 0.3) is 0 Å². The van der Waals surface area contributed by atoms with Gasteiger partial charge in [-0.25, -0.2) is 0 Å². The minimum Gasteiger partial charge on any atom is -0.508 e. The van der Waals surface area contributed by atoms with Crippen LogP contribution in [0.5, 0.6) is 28.7 Å². The fourth-order valence-electron chi connectivity index (χ4n) is 3.57. The van der Waals surface area contributed by atoms with Gasteiger partial charge < -0.3 is 55.1 Å². The maximum atomic E-state index is 10.3. The lowest BCUT2D eigenvalue weighted by molar-refractivity contribution is -0.293. The lowest BCUT2D eigenvalue weighted by Gasteiger charge is -2.41. The molecule has 0 spiro atoms. The maximum Gasteiger partial charge on any atom is 0.228 e. The van der Waals surface area contributed by atoms with Crippen molar-refractivity contribution in [2.75, 3.05) is 6.61 Å². The molecule has 0 radical (unpaired) electrons. The van der Waals surface area contributed by atoms with Crippen molar-refractivity contribution in [2.24, 2.45) is 0 Å². The second kappa shape index (κ2) is 8.37. The van der Waals surface area contributed by atoms with Gasteiger partial charge in [0.2, 0.25) is 6.29 Å². The van der Waals surface area contributed by atoms with Crippen molar-refractivity contribution in [3.8, 4) is 28.7 Å². The molecule has 2 aliphatic heterocycles.